The van der Waals surface area contributed by atoms with Gasteiger partial charge >= 0.3 is 0 Å². The zero-order valence-electron chi connectivity index (χ0n) is 15.0. The zero-order valence-corrected chi connectivity index (χ0v) is 15.0. The highest BCUT2D eigenvalue weighted by atomic mass is 16.5. The van der Waals surface area contributed by atoms with E-state index in [2.05, 4.69) is 15.1 Å². The summed E-state index contributed by atoms with van der Waals surface area (Å²) in [4.78, 5) is 17.2. The van der Waals surface area contributed by atoms with Gasteiger partial charge in [0.2, 0.25) is 0 Å². The van der Waals surface area contributed by atoms with Gasteiger partial charge < -0.3 is 14.4 Å². The lowest BCUT2D eigenvalue weighted by Gasteiger charge is -2.51. The third-order valence-corrected chi connectivity index (χ3v) is 5.93. The van der Waals surface area contributed by atoms with E-state index in [9.17, 15) is 4.79 Å². The smallest absolute Gasteiger partial charge is 0.274 e. The lowest BCUT2D eigenvalue weighted by Crippen LogP contribution is -2.62. The van der Waals surface area contributed by atoms with Crippen LogP contribution in [0.1, 0.15) is 47.8 Å². The van der Waals surface area contributed by atoms with E-state index in [1.807, 2.05) is 11.0 Å². The number of nitrogens with one attached hydrogen (secondary N) is 1. The van der Waals surface area contributed by atoms with Crippen LogP contribution in [0.5, 0.6) is 0 Å². The number of carbonyl (C=O) groups is 1. The molecule has 2 aliphatic heterocycles. The fraction of sp³-hybridized carbons (Fsp3) is 0.778. The van der Waals surface area contributed by atoms with Crippen LogP contribution >= 0.6 is 0 Å². The number of hydrogen-bond donors (Lipinski definition) is 1. The number of H-pyrrole nitrogens is 1. The Balaban J connectivity index is 1.38. The molecule has 3 fully saturated rings. The average Bonchev–Trinajstić information content (AvgIpc) is 3.38. The highest BCUT2D eigenvalue weighted by molar-refractivity contribution is 5.92. The predicted molar refractivity (Wildman–Crippen MR) is 92.7 cm³/mol. The molecule has 3 heterocycles. The monoisotopic (exact) mass is 348 g/mol. The second-order valence-electron chi connectivity index (χ2n) is 7.53. The van der Waals surface area contributed by atoms with E-state index >= 15 is 0 Å². The number of rotatable bonds is 5. The molecule has 1 aromatic heterocycles. The molecule has 1 aliphatic carbocycles. The van der Waals surface area contributed by atoms with Crippen LogP contribution in [-0.4, -0.2) is 84.6 Å². The Hall–Kier alpha value is -1.44. The topological polar surface area (TPSA) is 70.7 Å². The number of likely N-dealkylation sites (tertiary alicyclic amines) is 1. The second-order valence-corrected chi connectivity index (χ2v) is 7.53. The number of aromatic nitrogens is 2. The van der Waals surface area contributed by atoms with E-state index < -0.39 is 0 Å². The maximum absolute atomic E-state index is 12.8. The molecule has 2 saturated heterocycles. The standard InChI is InChI=1S/C18H28N4O3/c1-24-10-8-22-9-11-25-13-18(22)4-6-21(7-5-18)17(23)16-12-15(19-20-16)14-2-3-14/h12,14H,2-11,13H2,1H3,(H,19,20). The normalized spacial score (nSPS) is 24.0. The zero-order chi connectivity index (χ0) is 17.3. The number of carbonyl (C=O) groups excluding carboxylic acids is 1. The first kappa shape index (κ1) is 17.0. The highest BCUT2D eigenvalue weighted by Gasteiger charge is 2.43. The molecule has 0 radical (unpaired) electrons. The van der Waals surface area contributed by atoms with Crippen LogP contribution in [0.15, 0.2) is 6.07 Å². The maximum atomic E-state index is 12.8. The van der Waals surface area contributed by atoms with E-state index in [-0.39, 0.29) is 11.4 Å². The van der Waals surface area contributed by atoms with Crippen LogP contribution in [0.2, 0.25) is 0 Å². The number of piperidine rings is 1. The van der Waals surface area contributed by atoms with E-state index in [0.717, 1.165) is 64.5 Å². The molecule has 1 saturated carbocycles. The van der Waals surface area contributed by atoms with Gasteiger partial charge in [-0.3, -0.25) is 14.8 Å². The van der Waals surface area contributed by atoms with Crippen molar-refractivity contribution < 1.29 is 14.3 Å². The minimum Gasteiger partial charge on any atom is -0.383 e. The Morgan fingerprint density at radius 3 is 2.92 bits per heavy atom. The Kier molecular flexibility index (Phi) is 4.80. The van der Waals surface area contributed by atoms with Crippen molar-refractivity contribution in [3.8, 4) is 0 Å². The molecule has 7 heteroatoms. The van der Waals surface area contributed by atoms with Gasteiger partial charge in [-0.1, -0.05) is 0 Å². The SMILES string of the molecule is COCCN1CCOCC12CCN(C(=O)c1cc(C3CC3)[nH]n1)CC2. The van der Waals surface area contributed by atoms with Crippen LogP contribution < -0.4 is 0 Å². The molecule has 25 heavy (non-hydrogen) atoms. The van der Waals surface area contributed by atoms with E-state index in [0.29, 0.717) is 11.6 Å². The van der Waals surface area contributed by atoms with Gasteiger partial charge in [0.05, 0.1) is 19.8 Å². The van der Waals surface area contributed by atoms with E-state index in [4.69, 9.17) is 9.47 Å². The van der Waals surface area contributed by atoms with Gasteiger partial charge in [0, 0.05) is 50.4 Å². The first-order valence-corrected chi connectivity index (χ1v) is 9.38. The molecule has 1 N–H and O–H groups in total. The second kappa shape index (κ2) is 7.05. The summed E-state index contributed by atoms with van der Waals surface area (Å²) in [5, 5.41) is 7.28. The van der Waals surface area contributed by atoms with Crippen molar-refractivity contribution in [1.29, 1.82) is 0 Å². The quantitative estimate of drug-likeness (QED) is 0.867. The summed E-state index contributed by atoms with van der Waals surface area (Å²) in [5.74, 6) is 0.644. The van der Waals surface area contributed by atoms with E-state index in [1.54, 1.807) is 7.11 Å². The molecule has 0 bridgehead atoms. The molecule has 1 amide bonds. The summed E-state index contributed by atoms with van der Waals surface area (Å²) in [5.41, 5.74) is 1.73. The number of nitrogens with zero attached hydrogens (tertiary/aromatic N) is 3. The van der Waals surface area contributed by atoms with Crippen molar-refractivity contribution in [2.45, 2.75) is 37.1 Å². The summed E-state index contributed by atoms with van der Waals surface area (Å²) < 4.78 is 11.1. The van der Waals surface area contributed by atoms with Crippen molar-refractivity contribution in [2.75, 3.05) is 53.1 Å². The van der Waals surface area contributed by atoms with Gasteiger partial charge in [-0.15, -0.1) is 0 Å². The number of amides is 1. The van der Waals surface area contributed by atoms with Crippen molar-refractivity contribution in [2.24, 2.45) is 0 Å². The van der Waals surface area contributed by atoms with Crippen LogP contribution in [0, 0.1) is 0 Å². The first-order chi connectivity index (χ1) is 12.2. The van der Waals surface area contributed by atoms with Gasteiger partial charge in [-0.05, 0) is 31.7 Å². The third-order valence-electron chi connectivity index (χ3n) is 5.93. The van der Waals surface area contributed by atoms with Crippen molar-refractivity contribution in [1.82, 2.24) is 20.0 Å². The summed E-state index contributed by atoms with van der Waals surface area (Å²) in [6, 6.07) is 1.94. The number of aromatic amines is 1. The summed E-state index contributed by atoms with van der Waals surface area (Å²) >= 11 is 0. The van der Waals surface area contributed by atoms with Crippen LogP contribution in [-0.2, 0) is 9.47 Å². The predicted octanol–water partition coefficient (Wildman–Crippen LogP) is 1.24. The lowest BCUT2D eigenvalue weighted by atomic mass is 9.85. The number of methoxy groups -OCH3 is 1. The van der Waals surface area contributed by atoms with E-state index in [1.165, 1.54) is 12.8 Å². The Bertz CT molecular complexity index is 605. The maximum Gasteiger partial charge on any atom is 0.274 e. The first-order valence-electron chi connectivity index (χ1n) is 9.38. The lowest BCUT2D eigenvalue weighted by molar-refractivity contribution is -0.0968. The number of ether oxygens (including phenoxy) is 2. The largest absolute Gasteiger partial charge is 0.383 e. The fourth-order valence-corrected chi connectivity index (χ4v) is 4.11. The molecule has 1 aromatic rings. The third kappa shape index (κ3) is 3.45. The van der Waals surface area contributed by atoms with Gasteiger partial charge in [0.15, 0.2) is 0 Å². The van der Waals surface area contributed by atoms with Crippen molar-refractivity contribution >= 4 is 5.91 Å². The van der Waals surface area contributed by atoms with Gasteiger partial charge in [0.1, 0.15) is 5.69 Å². The molecule has 4 rings (SSSR count). The van der Waals surface area contributed by atoms with Gasteiger partial charge in [-0.25, -0.2) is 0 Å². The van der Waals surface area contributed by atoms with Crippen LogP contribution in [0.25, 0.3) is 0 Å². The fourth-order valence-electron chi connectivity index (χ4n) is 4.11. The molecular formula is C18H28N4O3. The molecule has 0 aromatic carbocycles. The molecule has 3 aliphatic rings. The molecular weight excluding hydrogens is 320 g/mol. The summed E-state index contributed by atoms with van der Waals surface area (Å²) in [6.45, 7) is 5.67. The number of hydrogen-bond acceptors (Lipinski definition) is 5. The molecule has 1 spiro atoms. The average molecular weight is 348 g/mol. The van der Waals surface area contributed by atoms with Crippen molar-refractivity contribution in [3.63, 3.8) is 0 Å². The molecule has 138 valence electrons. The summed E-state index contributed by atoms with van der Waals surface area (Å²) in [7, 11) is 1.74. The minimum absolute atomic E-state index is 0.0539. The summed E-state index contributed by atoms with van der Waals surface area (Å²) in [6.07, 6.45) is 4.31. The van der Waals surface area contributed by atoms with Crippen LogP contribution in [0.4, 0.5) is 0 Å². The Labute approximate surface area is 148 Å². The molecule has 0 atom stereocenters. The van der Waals surface area contributed by atoms with Gasteiger partial charge in [0.25, 0.3) is 5.91 Å². The van der Waals surface area contributed by atoms with Crippen molar-refractivity contribution in [3.05, 3.63) is 17.5 Å². The number of morpholine rings is 1. The molecule has 7 nitrogen and oxygen atoms in total. The Morgan fingerprint density at radius 1 is 1.40 bits per heavy atom. The minimum atomic E-state index is 0.0539. The van der Waals surface area contributed by atoms with Gasteiger partial charge in [-0.2, -0.15) is 5.10 Å². The Morgan fingerprint density at radius 2 is 2.20 bits per heavy atom. The van der Waals surface area contributed by atoms with Crippen LogP contribution in [0.3, 0.4) is 0 Å². The molecule has 0 unspecified atom stereocenters. The highest BCUT2D eigenvalue weighted by Crippen LogP contribution is 2.39.